The summed E-state index contributed by atoms with van der Waals surface area (Å²) in [6.07, 6.45) is 1.07. The molecule has 0 aliphatic carbocycles. The second-order valence-electron chi connectivity index (χ2n) is 8.57. The number of anilines is 1. The molecule has 4 rings (SSSR count). The fraction of sp³-hybridized carbons (Fsp3) is 0.400. The Morgan fingerprint density at radius 3 is 2.61 bits per heavy atom. The molecule has 2 aromatic carbocycles. The van der Waals surface area contributed by atoms with Crippen molar-refractivity contribution in [2.45, 2.75) is 32.4 Å². The van der Waals surface area contributed by atoms with Crippen LogP contribution in [0.15, 0.2) is 53.9 Å². The van der Waals surface area contributed by atoms with Crippen LogP contribution in [-0.4, -0.2) is 48.3 Å². The summed E-state index contributed by atoms with van der Waals surface area (Å²) in [6, 6.07) is 16.4. The molecule has 0 spiro atoms. The van der Waals surface area contributed by atoms with Crippen LogP contribution >= 0.6 is 11.3 Å². The zero-order chi connectivity index (χ0) is 21.8. The van der Waals surface area contributed by atoms with Crippen LogP contribution in [-0.2, 0) is 12.1 Å². The number of thiazole rings is 1. The molecular weight excluding hydrogens is 406 g/mol. The standard InChI is InChI=1S/C25H31N3O2S/c1-25(2,29)20-10-11-23(30-3)22(16-20)28-13-7-12-27(14-15-28)17-21-18-31-24(26-21)19-8-5-4-6-9-19/h4-6,8-11,16,18,29H,7,12-15,17H2,1-3H3. The summed E-state index contributed by atoms with van der Waals surface area (Å²) in [6.45, 7) is 8.41. The topological polar surface area (TPSA) is 48.8 Å². The van der Waals surface area contributed by atoms with Gasteiger partial charge in [-0.2, -0.15) is 0 Å². The molecule has 31 heavy (non-hydrogen) atoms. The predicted molar refractivity (Wildman–Crippen MR) is 128 cm³/mol. The SMILES string of the molecule is COc1ccc(C(C)(C)O)cc1N1CCCN(Cc2csc(-c3ccccc3)n2)CC1. The number of ether oxygens (including phenoxy) is 1. The number of methoxy groups -OCH3 is 1. The Labute approximate surface area is 188 Å². The monoisotopic (exact) mass is 437 g/mol. The highest BCUT2D eigenvalue weighted by Gasteiger charge is 2.22. The Kier molecular flexibility index (Phi) is 6.60. The zero-order valence-corrected chi connectivity index (χ0v) is 19.4. The molecule has 0 atom stereocenters. The van der Waals surface area contributed by atoms with E-state index in [0.29, 0.717) is 0 Å². The molecule has 0 saturated carbocycles. The second kappa shape index (κ2) is 9.39. The molecule has 164 valence electrons. The molecule has 0 unspecified atom stereocenters. The number of hydrogen-bond acceptors (Lipinski definition) is 6. The van der Waals surface area contributed by atoms with E-state index >= 15 is 0 Å². The highest BCUT2D eigenvalue weighted by Crippen LogP contribution is 2.34. The summed E-state index contributed by atoms with van der Waals surface area (Å²) in [4.78, 5) is 9.73. The highest BCUT2D eigenvalue weighted by molar-refractivity contribution is 7.13. The first kappa shape index (κ1) is 21.8. The van der Waals surface area contributed by atoms with E-state index in [1.165, 1.54) is 5.56 Å². The first-order valence-corrected chi connectivity index (χ1v) is 11.7. The van der Waals surface area contributed by atoms with Crippen LogP contribution in [0.2, 0.25) is 0 Å². The Morgan fingerprint density at radius 2 is 1.87 bits per heavy atom. The number of rotatable bonds is 6. The van der Waals surface area contributed by atoms with Gasteiger partial charge < -0.3 is 14.7 Å². The van der Waals surface area contributed by atoms with Crippen LogP contribution in [0, 0.1) is 0 Å². The van der Waals surface area contributed by atoms with E-state index in [0.717, 1.165) is 66.8 Å². The summed E-state index contributed by atoms with van der Waals surface area (Å²) in [5, 5.41) is 13.7. The van der Waals surface area contributed by atoms with Crippen molar-refractivity contribution in [1.29, 1.82) is 0 Å². The van der Waals surface area contributed by atoms with Crippen molar-refractivity contribution >= 4 is 17.0 Å². The van der Waals surface area contributed by atoms with Crippen molar-refractivity contribution < 1.29 is 9.84 Å². The maximum atomic E-state index is 10.4. The number of benzene rings is 2. The maximum absolute atomic E-state index is 10.4. The first-order chi connectivity index (χ1) is 14.9. The van der Waals surface area contributed by atoms with Crippen molar-refractivity contribution in [2.24, 2.45) is 0 Å². The predicted octanol–water partition coefficient (Wildman–Crippen LogP) is 4.76. The Hall–Kier alpha value is -2.41. The van der Waals surface area contributed by atoms with Gasteiger partial charge in [-0.15, -0.1) is 11.3 Å². The largest absolute Gasteiger partial charge is 0.495 e. The summed E-state index contributed by atoms with van der Waals surface area (Å²) in [5.41, 5.74) is 3.41. The molecule has 6 heteroatoms. The maximum Gasteiger partial charge on any atom is 0.142 e. The number of aliphatic hydroxyl groups is 1. The average molecular weight is 438 g/mol. The molecule has 1 aliphatic rings. The lowest BCUT2D eigenvalue weighted by molar-refractivity contribution is 0.0786. The molecule has 0 radical (unpaired) electrons. The van der Waals surface area contributed by atoms with Gasteiger partial charge >= 0.3 is 0 Å². The van der Waals surface area contributed by atoms with Crippen LogP contribution in [0.4, 0.5) is 5.69 Å². The van der Waals surface area contributed by atoms with Gasteiger partial charge in [0, 0.05) is 43.7 Å². The van der Waals surface area contributed by atoms with Gasteiger partial charge in [0.25, 0.3) is 0 Å². The van der Waals surface area contributed by atoms with E-state index in [1.807, 2.05) is 32.0 Å². The van der Waals surface area contributed by atoms with Gasteiger partial charge in [-0.05, 0) is 38.0 Å². The van der Waals surface area contributed by atoms with Gasteiger partial charge in [0.2, 0.25) is 0 Å². The van der Waals surface area contributed by atoms with E-state index in [-0.39, 0.29) is 0 Å². The van der Waals surface area contributed by atoms with E-state index < -0.39 is 5.60 Å². The smallest absolute Gasteiger partial charge is 0.142 e. The number of hydrogen-bond donors (Lipinski definition) is 1. The third-order valence-electron chi connectivity index (χ3n) is 5.77. The molecule has 1 N–H and O–H groups in total. The van der Waals surface area contributed by atoms with Crippen LogP contribution in [0.25, 0.3) is 10.6 Å². The first-order valence-electron chi connectivity index (χ1n) is 10.8. The summed E-state index contributed by atoms with van der Waals surface area (Å²) in [7, 11) is 1.71. The fourth-order valence-electron chi connectivity index (χ4n) is 4.01. The molecule has 2 heterocycles. The van der Waals surface area contributed by atoms with Gasteiger partial charge in [-0.1, -0.05) is 36.4 Å². The minimum atomic E-state index is -0.875. The van der Waals surface area contributed by atoms with E-state index in [9.17, 15) is 5.11 Å². The van der Waals surface area contributed by atoms with Gasteiger partial charge in [-0.25, -0.2) is 4.98 Å². The second-order valence-corrected chi connectivity index (χ2v) is 9.43. The summed E-state index contributed by atoms with van der Waals surface area (Å²) < 4.78 is 5.63. The van der Waals surface area contributed by atoms with E-state index in [1.54, 1.807) is 18.4 Å². The van der Waals surface area contributed by atoms with Crippen molar-refractivity contribution in [3.8, 4) is 16.3 Å². The quantitative estimate of drug-likeness (QED) is 0.603. The van der Waals surface area contributed by atoms with Crippen LogP contribution < -0.4 is 9.64 Å². The lowest BCUT2D eigenvalue weighted by Crippen LogP contribution is -2.31. The highest BCUT2D eigenvalue weighted by atomic mass is 32.1. The molecule has 1 aliphatic heterocycles. The third-order valence-corrected chi connectivity index (χ3v) is 6.71. The molecule has 1 fully saturated rings. The van der Waals surface area contributed by atoms with Gasteiger partial charge in [0.05, 0.1) is 24.1 Å². The summed E-state index contributed by atoms with van der Waals surface area (Å²) >= 11 is 1.71. The van der Waals surface area contributed by atoms with Crippen molar-refractivity contribution in [2.75, 3.05) is 38.2 Å². The zero-order valence-electron chi connectivity index (χ0n) is 18.5. The number of nitrogens with zero attached hydrogens (tertiary/aromatic N) is 3. The third kappa shape index (κ3) is 5.26. The minimum absolute atomic E-state index is 0.855. The van der Waals surface area contributed by atoms with Crippen LogP contribution in [0.5, 0.6) is 5.75 Å². The average Bonchev–Trinajstić information content (AvgIpc) is 3.11. The van der Waals surface area contributed by atoms with Crippen LogP contribution in [0.3, 0.4) is 0 Å². The van der Waals surface area contributed by atoms with Crippen molar-refractivity contribution in [3.05, 3.63) is 65.2 Å². The van der Waals surface area contributed by atoms with E-state index in [2.05, 4.69) is 45.5 Å². The van der Waals surface area contributed by atoms with Gasteiger partial charge in [0.1, 0.15) is 10.8 Å². The Bertz CT molecular complexity index is 998. The van der Waals surface area contributed by atoms with Crippen molar-refractivity contribution in [3.63, 3.8) is 0 Å². The molecule has 0 bridgehead atoms. The van der Waals surface area contributed by atoms with Gasteiger partial charge in [-0.3, -0.25) is 4.90 Å². The summed E-state index contributed by atoms with van der Waals surface area (Å²) in [5.74, 6) is 0.855. The number of aromatic nitrogens is 1. The minimum Gasteiger partial charge on any atom is -0.495 e. The fourth-order valence-corrected chi connectivity index (χ4v) is 4.83. The van der Waals surface area contributed by atoms with Gasteiger partial charge in [0.15, 0.2) is 0 Å². The molecule has 1 aromatic heterocycles. The lowest BCUT2D eigenvalue weighted by Gasteiger charge is -2.27. The Balaban J connectivity index is 1.44. The molecule has 1 saturated heterocycles. The van der Waals surface area contributed by atoms with Crippen LogP contribution in [0.1, 0.15) is 31.5 Å². The van der Waals surface area contributed by atoms with E-state index in [4.69, 9.17) is 9.72 Å². The Morgan fingerprint density at radius 1 is 1.06 bits per heavy atom. The molecule has 3 aromatic rings. The molecule has 5 nitrogen and oxygen atoms in total. The lowest BCUT2D eigenvalue weighted by atomic mass is 9.97. The normalized spacial score (nSPS) is 15.7. The van der Waals surface area contributed by atoms with Crippen molar-refractivity contribution in [1.82, 2.24) is 9.88 Å². The molecule has 0 amide bonds. The molecular formula is C25H31N3O2S.